The predicted octanol–water partition coefficient (Wildman–Crippen LogP) is 4.72. The topological polar surface area (TPSA) is 100 Å². The van der Waals surface area contributed by atoms with Crippen LogP contribution in [0.4, 0.5) is 0 Å². The Balaban J connectivity index is 1.51. The van der Waals surface area contributed by atoms with E-state index in [2.05, 4.69) is 9.97 Å². The molecule has 0 unspecified atom stereocenters. The van der Waals surface area contributed by atoms with Gasteiger partial charge in [0.15, 0.2) is 0 Å². The van der Waals surface area contributed by atoms with E-state index in [1.54, 1.807) is 36.7 Å². The summed E-state index contributed by atoms with van der Waals surface area (Å²) in [6.07, 6.45) is 4.81. The van der Waals surface area contributed by atoms with Crippen LogP contribution >= 0.6 is 0 Å². The first-order valence-electron chi connectivity index (χ1n) is 10.0. The highest BCUT2D eigenvalue weighted by Gasteiger charge is 2.07. The highest BCUT2D eigenvalue weighted by molar-refractivity contribution is 5.88. The standard InChI is InChI=1S/C26H20N2O4/c29-25(30)21-5-1-17(2-6-21)13-19-9-11-27-23(15-19)24-16-20(10-12-28-24)14-18-3-7-22(8-4-18)26(31)32/h1-12,15-16H,13-14H2,(H,29,30)(H,31,32). The molecule has 0 saturated heterocycles. The number of nitrogens with zero attached hydrogens (tertiary/aromatic N) is 2. The summed E-state index contributed by atoms with van der Waals surface area (Å²) in [7, 11) is 0. The number of carboxylic acids is 2. The molecule has 6 nitrogen and oxygen atoms in total. The summed E-state index contributed by atoms with van der Waals surface area (Å²) < 4.78 is 0. The number of benzene rings is 2. The average Bonchev–Trinajstić information content (AvgIpc) is 2.80. The Morgan fingerprint density at radius 3 is 1.28 bits per heavy atom. The van der Waals surface area contributed by atoms with E-state index in [9.17, 15) is 9.59 Å². The van der Waals surface area contributed by atoms with Crippen LogP contribution in [0, 0.1) is 0 Å². The smallest absolute Gasteiger partial charge is 0.335 e. The van der Waals surface area contributed by atoms with Gasteiger partial charge in [0.05, 0.1) is 22.5 Å². The lowest BCUT2D eigenvalue weighted by molar-refractivity contribution is 0.0686. The first-order valence-corrected chi connectivity index (χ1v) is 10.0. The Bertz CT molecular complexity index is 1160. The lowest BCUT2D eigenvalue weighted by Gasteiger charge is -2.07. The molecule has 0 saturated carbocycles. The molecular formula is C26H20N2O4. The molecule has 2 aromatic carbocycles. The van der Waals surface area contributed by atoms with Crippen LogP contribution in [0.25, 0.3) is 11.4 Å². The molecule has 158 valence electrons. The summed E-state index contributed by atoms with van der Waals surface area (Å²) in [6.45, 7) is 0. The molecule has 0 aliphatic carbocycles. The second kappa shape index (κ2) is 9.22. The predicted molar refractivity (Wildman–Crippen MR) is 120 cm³/mol. The molecule has 0 fully saturated rings. The van der Waals surface area contributed by atoms with Crippen LogP contribution in [0.3, 0.4) is 0 Å². The van der Waals surface area contributed by atoms with Crippen LogP contribution in [-0.4, -0.2) is 32.1 Å². The lowest BCUT2D eigenvalue weighted by atomic mass is 10.0. The summed E-state index contributed by atoms with van der Waals surface area (Å²) in [5.74, 6) is -1.88. The Kier molecular flexibility index (Phi) is 6.03. The number of carboxylic acid groups (broad SMARTS) is 2. The third kappa shape index (κ3) is 5.05. The van der Waals surface area contributed by atoms with Crippen LogP contribution in [0.5, 0.6) is 0 Å². The number of carbonyl (C=O) groups is 2. The molecule has 0 bridgehead atoms. The molecule has 2 aromatic heterocycles. The molecule has 4 aromatic rings. The summed E-state index contributed by atoms with van der Waals surface area (Å²) in [4.78, 5) is 31.0. The van der Waals surface area contributed by atoms with Gasteiger partial charge in [-0.1, -0.05) is 24.3 Å². The molecule has 0 spiro atoms. The monoisotopic (exact) mass is 424 g/mol. The minimum absolute atomic E-state index is 0.266. The Morgan fingerprint density at radius 2 is 0.938 bits per heavy atom. The molecule has 2 heterocycles. The largest absolute Gasteiger partial charge is 0.478 e. The van der Waals surface area contributed by atoms with Crippen molar-refractivity contribution in [3.05, 3.63) is 119 Å². The minimum Gasteiger partial charge on any atom is -0.478 e. The van der Waals surface area contributed by atoms with Crippen LogP contribution in [0.1, 0.15) is 43.0 Å². The fraction of sp³-hybridized carbons (Fsp3) is 0.0769. The fourth-order valence-corrected chi connectivity index (χ4v) is 3.45. The summed E-state index contributed by atoms with van der Waals surface area (Å²) in [5, 5.41) is 18.1. The molecule has 6 heteroatoms. The average molecular weight is 424 g/mol. The van der Waals surface area contributed by atoms with Crippen molar-refractivity contribution in [1.29, 1.82) is 0 Å². The second-order valence-corrected chi connectivity index (χ2v) is 7.46. The van der Waals surface area contributed by atoms with Gasteiger partial charge in [-0.3, -0.25) is 9.97 Å². The van der Waals surface area contributed by atoms with Crippen LogP contribution < -0.4 is 0 Å². The maximum atomic E-state index is 11.0. The number of hydrogen-bond acceptors (Lipinski definition) is 4. The van der Waals surface area contributed by atoms with Crippen molar-refractivity contribution < 1.29 is 19.8 Å². The molecule has 0 radical (unpaired) electrons. The molecule has 4 rings (SSSR count). The van der Waals surface area contributed by atoms with Gasteiger partial charge in [0.1, 0.15) is 0 Å². The summed E-state index contributed by atoms with van der Waals surface area (Å²) in [5.41, 5.74) is 6.17. The van der Waals surface area contributed by atoms with Gasteiger partial charge in [-0.05, 0) is 83.6 Å². The third-order valence-corrected chi connectivity index (χ3v) is 5.13. The first kappa shape index (κ1) is 20.9. The summed E-state index contributed by atoms with van der Waals surface area (Å²) >= 11 is 0. The van der Waals surface area contributed by atoms with Gasteiger partial charge in [0.2, 0.25) is 0 Å². The van der Waals surface area contributed by atoms with Gasteiger partial charge in [0, 0.05) is 12.4 Å². The van der Waals surface area contributed by atoms with Gasteiger partial charge >= 0.3 is 11.9 Å². The van der Waals surface area contributed by atoms with Gasteiger partial charge in [0.25, 0.3) is 0 Å². The summed E-state index contributed by atoms with van der Waals surface area (Å²) in [6, 6.07) is 21.5. The first-order chi connectivity index (χ1) is 15.5. The van der Waals surface area contributed by atoms with Crippen molar-refractivity contribution in [2.75, 3.05) is 0 Å². The molecule has 2 N–H and O–H groups in total. The SMILES string of the molecule is O=C(O)c1ccc(Cc2ccnc(-c3cc(Cc4ccc(C(=O)O)cc4)ccn3)c2)cc1. The molecule has 0 atom stereocenters. The maximum Gasteiger partial charge on any atom is 0.335 e. The Morgan fingerprint density at radius 1 is 0.562 bits per heavy atom. The zero-order chi connectivity index (χ0) is 22.5. The highest BCUT2D eigenvalue weighted by atomic mass is 16.4. The van der Waals surface area contributed by atoms with Crippen molar-refractivity contribution >= 4 is 11.9 Å². The quantitative estimate of drug-likeness (QED) is 0.445. The number of rotatable bonds is 7. The van der Waals surface area contributed by atoms with Crippen molar-refractivity contribution in [1.82, 2.24) is 9.97 Å². The highest BCUT2D eigenvalue weighted by Crippen LogP contribution is 2.20. The number of pyridine rings is 2. The van der Waals surface area contributed by atoms with Crippen molar-refractivity contribution in [3.8, 4) is 11.4 Å². The van der Waals surface area contributed by atoms with Crippen LogP contribution in [0.2, 0.25) is 0 Å². The van der Waals surface area contributed by atoms with E-state index >= 15 is 0 Å². The van der Waals surface area contributed by atoms with Crippen molar-refractivity contribution in [2.45, 2.75) is 12.8 Å². The zero-order valence-corrected chi connectivity index (χ0v) is 17.1. The van der Waals surface area contributed by atoms with Gasteiger partial charge in [-0.15, -0.1) is 0 Å². The Hall–Kier alpha value is -4.32. The molecular weight excluding hydrogens is 404 g/mol. The lowest BCUT2D eigenvalue weighted by Crippen LogP contribution is -1.98. The number of aromatic nitrogens is 2. The second-order valence-electron chi connectivity index (χ2n) is 7.46. The molecule has 0 aliphatic heterocycles. The Labute approximate surface area is 184 Å². The van der Waals surface area contributed by atoms with E-state index < -0.39 is 11.9 Å². The molecule has 0 amide bonds. The van der Waals surface area contributed by atoms with Crippen molar-refractivity contribution in [2.24, 2.45) is 0 Å². The van der Waals surface area contributed by atoms with E-state index in [1.807, 2.05) is 48.5 Å². The molecule has 32 heavy (non-hydrogen) atoms. The zero-order valence-electron chi connectivity index (χ0n) is 17.1. The maximum absolute atomic E-state index is 11.0. The number of aromatic carboxylic acids is 2. The minimum atomic E-state index is -0.938. The van der Waals surface area contributed by atoms with Gasteiger partial charge in [-0.2, -0.15) is 0 Å². The van der Waals surface area contributed by atoms with Gasteiger partial charge < -0.3 is 10.2 Å². The van der Waals surface area contributed by atoms with Crippen LogP contribution in [0.15, 0.2) is 85.2 Å². The normalized spacial score (nSPS) is 10.6. The van der Waals surface area contributed by atoms with Crippen molar-refractivity contribution in [3.63, 3.8) is 0 Å². The molecule has 0 aliphatic rings. The fourth-order valence-electron chi connectivity index (χ4n) is 3.45. The number of hydrogen-bond donors (Lipinski definition) is 2. The van der Waals surface area contributed by atoms with Gasteiger partial charge in [-0.25, -0.2) is 9.59 Å². The third-order valence-electron chi connectivity index (χ3n) is 5.13. The van der Waals surface area contributed by atoms with E-state index in [0.29, 0.717) is 12.8 Å². The van der Waals surface area contributed by atoms with Crippen LogP contribution in [-0.2, 0) is 12.8 Å². The van der Waals surface area contributed by atoms with E-state index in [0.717, 1.165) is 33.6 Å². The van der Waals surface area contributed by atoms with E-state index in [-0.39, 0.29) is 11.1 Å². The van der Waals surface area contributed by atoms with E-state index in [1.165, 1.54) is 0 Å². The van der Waals surface area contributed by atoms with E-state index in [4.69, 9.17) is 10.2 Å².